The van der Waals surface area contributed by atoms with Gasteiger partial charge >= 0.3 is 6.18 Å². The first-order valence-electron chi connectivity index (χ1n) is 10.8. The van der Waals surface area contributed by atoms with Crippen molar-refractivity contribution in [1.82, 2.24) is 4.90 Å². The van der Waals surface area contributed by atoms with Gasteiger partial charge in [0.15, 0.2) is 11.5 Å². The van der Waals surface area contributed by atoms with Crippen LogP contribution in [-0.2, 0) is 12.6 Å². The van der Waals surface area contributed by atoms with Gasteiger partial charge in [0, 0.05) is 6.54 Å². The van der Waals surface area contributed by atoms with E-state index in [1.807, 2.05) is 0 Å². The van der Waals surface area contributed by atoms with E-state index in [1.54, 1.807) is 12.1 Å². The molecule has 9 heteroatoms. The normalized spacial score (nSPS) is 15.4. The van der Waals surface area contributed by atoms with Crippen LogP contribution in [0.25, 0.3) is 0 Å². The number of alkyl halides is 3. The Labute approximate surface area is 199 Å². The summed E-state index contributed by atoms with van der Waals surface area (Å²) in [6.45, 7) is 0.110. The minimum Gasteiger partial charge on any atom is -0.493 e. The third-order valence-corrected chi connectivity index (χ3v) is 5.95. The fraction of sp³-hybridized carbons (Fsp3) is 0.269. The number of ether oxygens (including phenoxy) is 3. The highest BCUT2D eigenvalue weighted by Crippen LogP contribution is 2.40. The third kappa shape index (κ3) is 5.03. The molecule has 1 aliphatic rings. The maximum atomic E-state index is 13.6. The molecule has 3 aromatic rings. The predicted molar refractivity (Wildman–Crippen MR) is 120 cm³/mol. The standard InChI is InChI=1S/C26H23F4NO4/c1-33-23-13-16-11-12-31(25(32)19-5-3-4-6-21(19)26(28,29)30)22(20(16)14-24(23)34-2)15-35-18-9-7-17(27)8-10-18/h3-10,13-14,22H,11-12,15H2,1-2H3. The summed E-state index contributed by atoms with van der Waals surface area (Å²) in [5.74, 6) is 0.0978. The number of hydrogen-bond donors (Lipinski definition) is 0. The molecule has 184 valence electrons. The summed E-state index contributed by atoms with van der Waals surface area (Å²) >= 11 is 0. The summed E-state index contributed by atoms with van der Waals surface area (Å²) in [5, 5.41) is 0. The summed E-state index contributed by atoms with van der Waals surface area (Å²) in [5.41, 5.74) is 0.106. The molecule has 0 aliphatic carbocycles. The molecule has 0 saturated carbocycles. The van der Waals surface area contributed by atoms with Gasteiger partial charge in [0.1, 0.15) is 18.2 Å². The first-order valence-corrected chi connectivity index (χ1v) is 10.8. The highest BCUT2D eigenvalue weighted by atomic mass is 19.4. The Hall–Kier alpha value is -3.75. The second kappa shape index (κ2) is 9.85. The molecule has 0 saturated heterocycles. The average Bonchev–Trinajstić information content (AvgIpc) is 2.86. The van der Waals surface area contributed by atoms with Crippen molar-refractivity contribution in [3.05, 3.63) is 88.7 Å². The minimum absolute atomic E-state index is 0.0615. The number of carbonyl (C=O) groups excluding carboxylic acids is 1. The van der Waals surface area contributed by atoms with E-state index in [9.17, 15) is 22.4 Å². The summed E-state index contributed by atoms with van der Waals surface area (Å²) < 4.78 is 70.9. The van der Waals surface area contributed by atoms with Crippen LogP contribution >= 0.6 is 0 Å². The van der Waals surface area contributed by atoms with Gasteiger partial charge in [-0.3, -0.25) is 4.79 Å². The zero-order chi connectivity index (χ0) is 25.2. The molecule has 4 rings (SSSR count). The lowest BCUT2D eigenvalue weighted by atomic mass is 9.91. The highest BCUT2D eigenvalue weighted by Gasteiger charge is 2.39. The van der Waals surface area contributed by atoms with Crippen LogP contribution in [0.3, 0.4) is 0 Å². The van der Waals surface area contributed by atoms with Crippen LogP contribution in [0.5, 0.6) is 17.2 Å². The molecule has 0 bridgehead atoms. The van der Waals surface area contributed by atoms with E-state index in [-0.39, 0.29) is 13.2 Å². The van der Waals surface area contributed by atoms with Crippen molar-refractivity contribution in [2.75, 3.05) is 27.4 Å². The van der Waals surface area contributed by atoms with Gasteiger partial charge in [0.2, 0.25) is 0 Å². The van der Waals surface area contributed by atoms with Gasteiger partial charge < -0.3 is 19.1 Å². The lowest BCUT2D eigenvalue weighted by Crippen LogP contribution is -2.43. The van der Waals surface area contributed by atoms with E-state index in [4.69, 9.17) is 14.2 Å². The number of rotatable bonds is 6. The Morgan fingerprint density at radius 3 is 2.31 bits per heavy atom. The van der Waals surface area contributed by atoms with Gasteiger partial charge in [-0.1, -0.05) is 12.1 Å². The lowest BCUT2D eigenvalue weighted by Gasteiger charge is -2.38. The number of carbonyl (C=O) groups is 1. The Kier molecular flexibility index (Phi) is 6.86. The number of halogens is 4. The minimum atomic E-state index is -4.68. The smallest absolute Gasteiger partial charge is 0.417 e. The molecule has 3 aromatic carbocycles. The van der Waals surface area contributed by atoms with Gasteiger partial charge in [-0.05, 0) is 66.1 Å². The van der Waals surface area contributed by atoms with E-state index >= 15 is 0 Å². The first-order chi connectivity index (χ1) is 16.7. The number of fused-ring (bicyclic) bond motifs is 1. The van der Waals surface area contributed by atoms with Crippen LogP contribution in [0.1, 0.15) is 33.1 Å². The topological polar surface area (TPSA) is 48.0 Å². The summed E-state index contributed by atoms with van der Waals surface area (Å²) in [4.78, 5) is 14.9. The first kappa shape index (κ1) is 24.4. The van der Waals surface area contributed by atoms with Crippen LogP contribution in [0, 0.1) is 5.82 Å². The monoisotopic (exact) mass is 489 g/mol. The molecular formula is C26H23F4NO4. The number of nitrogens with zero attached hydrogens (tertiary/aromatic N) is 1. The van der Waals surface area contributed by atoms with E-state index in [1.165, 1.54) is 61.6 Å². The van der Waals surface area contributed by atoms with Crippen LogP contribution in [0.15, 0.2) is 60.7 Å². The van der Waals surface area contributed by atoms with Gasteiger partial charge in [-0.25, -0.2) is 4.39 Å². The molecule has 35 heavy (non-hydrogen) atoms. The molecule has 0 radical (unpaired) electrons. The quantitative estimate of drug-likeness (QED) is 0.418. The predicted octanol–water partition coefficient (Wildman–Crippen LogP) is 5.68. The van der Waals surface area contributed by atoms with Crippen LogP contribution < -0.4 is 14.2 Å². The molecule has 0 aromatic heterocycles. The molecule has 1 amide bonds. The maximum Gasteiger partial charge on any atom is 0.417 e. The largest absolute Gasteiger partial charge is 0.493 e. The summed E-state index contributed by atoms with van der Waals surface area (Å²) in [7, 11) is 2.98. The average molecular weight is 489 g/mol. The molecular weight excluding hydrogens is 466 g/mol. The molecule has 1 heterocycles. The van der Waals surface area contributed by atoms with Gasteiger partial charge in [0.25, 0.3) is 5.91 Å². The summed E-state index contributed by atoms with van der Waals surface area (Å²) in [6, 6.07) is 12.9. The van der Waals surface area contributed by atoms with E-state index in [0.717, 1.165) is 11.6 Å². The van der Waals surface area contributed by atoms with E-state index < -0.39 is 35.1 Å². The van der Waals surface area contributed by atoms with Crippen LogP contribution in [0.4, 0.5) is 17.6 Å². The highest BCUT2D eigenvalue weighted by molar-refractivity contribution is 5.96. The number of amides is 1. The molecule has 1 atom stereocenters. The zero-order valence-electron chi connectivity index (χ0n) is 19.1. The number of hydrogen-bond acceptors (Lipinski definition) is 4. The van der Waals surface area contributed by atoms with E-state index in [2.05, 4.69) is 0 Å². The lowest BCUT2D eigenvalue weighted by molar-refractivity contribution is -0.138. The number of methoxy groups -OCH3 is 2. The molecule has 1 aliphatic heterocycles. The fourth-order valence-corrected chi connectivity index (χ4v) is 4.23. The summed E-state index contributed by atoms with van der Waals surface area (Å²) in [6.07, 6.45) is -4.28. The van der Waals surface area contributed by atoms with Crippen molar-refractivity contribution in [1.29, 1.82) is 0 Å². The fourth-order valence-electron chi connectivity index (χ4n) is 4.23. The van der Waals surface area contributed by atoms with E-state index in [0.29, 0.717) is 29.2 Å². The molecule has 0 fully saturated rings. The van der Waals surface area contributed by atoms with Crippen LogP contribution in [0.2, 0.25) is 0 Å². The van der Waals surface area contributed by atoms with Gasteiger partial charge in [0.05, 0.1) is 31.4 Å². The third-order valence-electron chi connectivity index (χ3n) is 5.95. The Balaban J connectivity index is 1.75. The molecule has 5 nitrogen and oxygen atoms in total. The zero-order valence-corrected chi connectivity index (χ0v) is 19.1. The number of benzene rings is 3. The van der Waals surface area contributed by atoms with Crippen molar-refractivity contribution in [2.45, 2.75) is 18.6 Å². The Morgan fingerprint density at radius 2 is 1.66 bits per heavy atom. The van der Waals surface area contributed by atoms with Crippen molar-refractivity contribution in [3.8, 4) is 17.2 Å². The van der Waals surface area contributed by atoms with Gasteiger partial charge in [-0.2, -0.15) is 13.2 Å². The SMILES string of the molecule is COc1cc2c(cc1OC)C(COc1ccc(F)cc1)N(C(=O)c1ccccc1C(F)(F)F)CC2. The molecule has 1 unspecified atom stereocenters. The molecule has 0 N–H and O–H groups in total. The second-order valence-electron chi connectivity index (χ2n) is 7.98. The second-order valence-corrected chi connectivity index (χ2v) is 7.98. The van der Waals surface area contributed by atoms with Crippen molar-refractivity contribution < 1.29 is 36.6 Å². The molecule has 0 spiro atoms. The van der Waals surface area contributed by atoms with Gasteiger partial charge in [-0.15, -0.1) is 0 Å². The van der Waals surface area contributed by atoms with Crippen molar-refractivity contribution in [3.63, 3.8) is 0 Å². The van der Waals surface area contributed by atoms with Crippen molar-refractivity contribution in [2.24, 2.45) is 0 Å². The Bertz CT molecular complexity index is 1210. The Morgan fingerprint density at radius 1 is 1.00 bits per heavy atom. The van der Waals surface area contributed by atoms with Crippen molar-refractivity contribution >= 4 is 5.91 Å². The maximum absolute atomic E-state index is 13.6. The van der Waals surface area contributed by atoms with Crippen LogP contribution in [-0.4, -0.2) is 38.2 Å².